The number of nitrogens with zero attached hydrogens (tertiary/aromatic N) is 3. The number of sulfonamides is 1. The van der Waals surface area contributed by atoms with Gasteiger partial charge in [-0.2, -0.15) is 4.31 Å². The maximum atomic E-state index is 13.0. The fourth-order valence-corrected chi connectivity index (χ4v) is 4.46. The molecule has 0 spiro atoms. The molecule has 27 heavy (non-hydrogen) atoms. The first-order valence-corrected chi connectivity index (χ1v) is 10.5. The number of hydrogen-bond donors (Lipinski definition) is 1. The highest BCUT2D eigenvalue weighted by Crippen LogP contribution is 2.33. The molecule has 2 aromatic rings. The molecular weight excluding hydrogens is 364 g/mol. The van der Waals surface area contributed by atoms with Crippen LogP contribution in [0.25, 0.3) is 0 Å². The van der Waals surface area contributed by atoms with E-state index >= 15 is 0 Å². The second kappa shape index (κ2) is 8.14. The summed E-state index contributed by atoms with van der Waals surface area (Å²) < 4.78 is 27.4. The molecule has 0 fully saturated rings. The van der Waals surface area contributed by atoms with Gasteiger partial charge in [0.25, 0.3) is 5.91 Å². The number of hydrogen-bond acceptors (Lipinski definition) is 5. The summed E-state index contributed by atoms with van der Waals surface area (Å²) in [6.45, 7) is 5.11. The van der Waals surface area contributed by atoms with Crippen molar-refractivity contribution in [2.75, 3.05) is 17.4 Å². The third kappa shape index (κ3) is 4.33. The quantitative estimate of drug-likeness (QED) is 0.767. The summed E-state index contributed by atoms with van der Waals surface area (Å²) in [5, 5.41) is 2.87. The van der Waals surface area contributed by atoms with E-state index in [2.05, 4.69) is 29.1 Å². The predicted octanol–water partition coefficient (Wildman–Crippen LogP) is 2.61. The van der Waals surface area contributed by atoms with Gasteiger partial charge in [-0.15, -0.1) is 0 Å². The predicted molar refractivity (Wildman–Crippen MR) is 103 cm³/mol. The number of aromatic nitrogens is 2. The Hall–Kier alpha value is -2.32. The van der Waals surface area contributed by atoms with Crippen LogP contribution in [0, 0.1) is 5.92 Å². The van der Waals surface area contributed by atoms with Gasteiger partial charge in [0.2, 0.25) is 0 Å². The zero-order chi connectivity index (χ0) is 19.4. The number of carbonyl (C=O) groups is 1. The zero-order valence-corrected chi connectivity index (χ0v) is 16.4. The van der Waals surface area contributed by atoms with E-state index in [0.29, 0.717) is 48.8 Å². The van der Waals surface area contributed by atoms with Gasteiger partial charge in [-0.25, -0.2) is 0 Å². The van der Waals surface area contributed by atoms with Crippen molar-refractivity contribution in [2.45, 2.75) is 38.0 Å². The van der Waals surface area contributed by atoms with Crippen molar-refractivity contribution in [2.24, 2.45) is 5.92 Å². The van der Waals surface area contributed by atoms with Gasteiger partial charge >= 0.3 is 0 Å². The first kappa shape index (κ1) is 19.4. The van der Waals surface area contributed by atoms with E-state index in [4.69, 9.17) is 0 Å². The lowest BCUT2D eigenvalue weighted by Gasteiger charge is -2.32. The van der Waals surface area contributed by atoms with Crippen LogP contribution in [0.3, 0.4) is 0 Å². The second-order valence-electron chi connectivity index (χ2n) is 7.00. The number of amides is 1. The summed E-state index contributed by atoms with van der Waals surface area (Å²) in [6.07, 6.45) is 6.63. The molecule has 0 saturated carbocycles. The molecule has 1 unspecified atom stereocenters. The Balaban J connectivity index is 1.88. The van der Waals surface area contributed by atoms with Crippen molar-refractivity contribution in [3.8, 4) is 0 Å². The van der Waals surface area contributed by atoms with E-state index in [1.165, 1.54) is 29.0 Å². The molecule has 1 amide bonds. The zero-order valence-electron chi connectivity index (χ0n) is 15.6. The second-order valence-corrected chi connectivity index (χ2v) is 8.86. The van der Waals surface area contributed by atoms with Gasteiger partial charge in [0.05, 0.1) is 24.0 Å². The molecule has 0 radical (unpaired) electrons. The number of carbonyl (C=O) groups excluding carboxylic acids is 1. The molecule has 3 rings (SSSR count). The Morgan fingerprint density at radius 2 is 2.22 bits per heavy atom. The first-order valence-electron chi connectivity index (χ1n) is 9.09. The van der Waals surface area contributed by atoms with Gasteiger partial charge < -0.3 is 9.87 Å². The molecule has 1 atom stereocenters. The molecule has 0 aliphatic carbocycles. The van der Waals surface area contributed by atoms with Crippen LogP contribution in [0.2, 0.25) is 0 Å². The monoisotopic (exact) mass is 388 g/mol. The molecule has 0 aromatic carbocycles. The van der Waals surface area contributed by atoms with Gasteiger partial charge in [-0.1, -0.05) is 18.1 Å². The summed E-state index contributed by atoms with van der Waals surface area (Å²) in [6, 6.07) is 4.74. The van der Waals surface area contributed by atoms with E-state index in [1.54, 1.807) is 12.1 Å². The molecule has 8 heteroatoms. The Morgan fingerprint density at radius 3 is 2.93 bits per heavy atom. The Labute approximate surface area is 160 Å². The average Bonchev–Trinajstić information content (AvgIpc) is 2.67. The van der Waals surface area contributed by atoms with E-state index in [1.807, 2.05) is 0 Å². The SMILES string of the molecule is CC(C)CCNC(=O)c1cnc2c(c1)N([S+](=O)([O-])c1cccnc1)CCC2. The van der Waals surface area contributed by atoms with Gasteiger partial charge in [-0.05, 0) is 43.4 Å². The standard InChI is InChI=1S/C19H24N4O3S/c1-14(2)7-9-21-19(24)15-11-18-17(22-12-15)6-4-10-23(18)27(25,26)16-5-3-8-20-13-16/h3,5,8,11-14H,4,6-7,9-10H2,1-2H3,(H-,21,24,25,26). The molecule has 1 aliphatic rings. The lowest BCUT2D eigenvalue weighted by Crippen LogP contribution is -2.40. The fourth-order valence-electron chi connectivity index (χ4n) is 2.98. The van der Waals surface area contributed by atoms with Crippen LogP contribution in [0.15, 0.2) is 41.7 Å². The summed E-state index contributed by atoms with van der Waals surface area (Å²) >= 11 is 0. The van der Waals surface area contributed by atoms with Crippen LogP contribution in [0.4, 0.5) is 5.69 Å². The van der Waals surface area contributed by atoms with Crippen LogP contribution in [0.1, 0.15) is 42.7 Å². The highest BCUT2D eigenvalue weighted by molar-refractivity contribution is 7.99. The number of anilines is 1. The minimum absolute atomic E-state index is 0.129. The maximum Gasteiger partial charge on any atom is 0.252 e. The maximum absolute atomic E-state index is 13.0. The fraction of sp³-hybridized carbons (Fsp3) is 0.421. The Kier molecular flexibility index (Phi) is 5.86. The van der Waals surface area contributed by atoms with Crippen LogP contribution in [-0.4, -0.2) is 33.5 Å². The smallest absolute Gasteiger partial charge is 0.252 e. The Bertz CT molecular complexity index is 857. The highest BCUT2D eigenvalue weighted by atomic mass is 32.3. The van der Waals surface area contributed by atoms with E-state index < -0.39 is 10.4 Å². The lowest BCUT2D eigenvalue weighted by molar-refractivity contribution is 0.0951. The van der Waals surface area contributed by atoms with Crippen molar-refractivity contribution in [3.05, 3.63) is 48.0 Å². The van der Waals surface area contributed by atoms with Crippen LogP contribution in [0.5, 0.6) is 0 Å². The van der Waals surface area contributed by atoms with Gasteiger partial charge in [0.1, 0.15) is 5.69 Å². The molecular formula is C19H24N4O3S. The van der Waals surface area contributed by atoms with Crippen molar-refractivity contribution < 1.29 is 13.6 Å². The summed E-state index contributed by atoms with van der Waals surface area (Å²) in [5.41, 5.74) is 1.53. The first-order chi connectivity index (χ1) is 12.9. The third-order valence-electron chi connectivity index (χ3n) is 4.48. The van der Waals surface area contributed by atoms with Gasteiger partial charge in [0, 0.05) is 18.9 Å². The summed E-state index contributed by atoms with van der Waals surface area (Å²) in [5.74, 6) is 0.252. The summed E-state index contributed by atoms with van der Waals surface area (Å²) in [4.78, 5) is 20.8. The number of rotatable bonds is 6. The average molecular weight is 388 g/mol. The third-order valence-corrected chi connectivity index (χ3v) is 6.28. The summed E-state index contributed by atoms with van der Waals surface area (Å²) in [7, 11) is -3.75. The number of fused-ring (bicyclic) bond motifs is 1. The van der Waals surface area contributed by atoms with E-state index in [9.17, 15) is 13.6 Å². The number of pyridine rings is 2. The van der Waals surface area contributed by atoms with Crippen molar-refractivity contribution in [3.63, 3.8) is 0 Å². The molecule has 1 aliphatic heterocycles. The molecule has 0 saturated heterocycles. The van der Waals surface area contributed by atoms with Crippen molar-refractivity contribution in [1.29, 1.82) is 0 Å². The molecule has 3 heterocycles. The lowest BCUT2D eigenvalue weighted by atomic mass is 10.1. The number of nitrogens with one attached hydrogen (secondary N) is 1. The molecule has 0 bridgehead atoms. The van der Waals surface area contributed by atoms with E-state index in [-0.39, 0.29) is 10.8 Å². The molecule has 1 N–H and O–H groups in total. The van der Waals surface area contributed by atoms with Crippen LogP contribution in [-0.2, 0) is 21.0 Å². The van der Waals surface area contributed by atoms with Crippen LogP contribution >= 0.6 is 0 Å². The van der Waals surface area contributed by atoms with Crippen LogP contribution < -0.4 is 9.62 Å². The number of aryl methyl sites for hydroxylation is 1. The topological polar surface area (TPSA) is 98.2 Å². The minimum Gasteiger partial charge on any atom is -0.588 e. The normalized spacial score (nSPS) is 15.9. The van der Waals surface area contributed by atoms with E-state index in [0.717, 1.165) is 6.42 Å². The van der Waals surface area contributed by atoms with Gasteiger partial charge in [-0.3, -0.25) is 14.8 Å². The molecule has 7 nitrogen and oxygen atoms in total. The molecule has 144 valence electrons. The minimum atomic E-state index is -3.75. The van der Waals surface area contributed by atoms with Crippen molar-refractivity contribution >= 4 is 22.0 Å². The van der Waals surface area contributed by atoms with Gasteiger partial charge in [0.15, 0.2) is 15.3 Å². The highest BCUT2D eigenvalue weighted by Gasteiger charge is 2.35. The Morgan fingerprint density at radius 1 is 1.41 bits per heavy atom. The largest absolute Gasteiger partial charge is 0.588 e. The molecule has 2 aromatic heterocycles. The van der Waals surface area contributed by atoms with Crippen molar-refractivity contribution in [1.82, 2.24) is 15.3 Å².